The molecule has 1 heterocycles. The average molecular weight is 443 g/mol. The van der Waals surface area contributed by atoms with Gasteiger partial charge in [-0.15, -0.1) is 0 Å². The van der Waals surface area contributed by atoms with Crippen LogP contribution in [-0.4, -0.2) is 42.5 Å². The van der Waals surface area contributed by atoms with Crippen molar-refractivity contribution in [3.8, 4) is 5.75 Å². The molecule has 1 fully saturated rings. The second kappa shape index (κ2) is 11.3. The summed E-state index contributed by atoms with van der Waals surface area (Å²) in [6.45, 7) is 1.67. The van der Waals surface area contributed by atoms with E-state index < -0.39 is 0 Å². The van der Waals surface area contributed by atoms with Crippen molar-refractivity contribution in [2.24, 2.45) is 0 Å². The second-order valence-electron chi connectivity index (χ2n) is 8.33. The molecule has 0 bridgehead atoms. The fourth-order valence-corrected chi connectivity index (χ4v) is 4.27. The minimum atomic E-state index is -0.345. The molecule has 0 radical (unpaired) electrons. The van der Waals surface area contributed by atoms with E-state index >= 15 is 0 Å². The van der Waals surface area contributed by atoms with E-state index in [2.05, 4.69) is 5.32 Å². The lowest BCUT2D eigenvalue weighted by atomic mass is 9.90. The molecule has 33 heavy (non-hydrogen) atoms. The van der Waals surface area contributed by atoms with Crippen molar-refractivity contribution in [1.29, 1.82) is 0 Å². The summed E-state index contributed by atoms with van der Waals surface area (Å²) in [6, 6.07) is 29.4. The zero-order valence-electron chi connectivity index (χ0n) is 18.7. The lowest BCUT2D eigenvalue weighted by Crippen LogP contribution is -2.47. The Morgan fingerprint density at radius 3 is 1.88 bits per heavy atom. The molecule has 4 rings (SSSR count). The number of ether oxygens (including phenoxy) is 1. The molecule has 0 aromatic heterocycles. The van der Waals surface area contributed by atoms with Gasteiger partial charge in [-0.3, -0.25) is 9.59 Å². The van der Waals surface area contributed by atoms with Crippen LogP contribution < -0.4 is 10.1 Å². The summed E-state index contributed by atoms with van der Waals surface area (Å²) in [5, 5.41) is 3.24. The monoisotopic (exact) mass is 442 g/mol. The third kappa shape index (κ3) is 6.22. The van der Waals surface area contributed by atoms with Crippen LogP contribution in [0.2, 0.25) is 0 Å². The number of carbonyl (C=O) groups excluding carboxylic acids is 2. The highest BCUT2D eigenvalue weighted by atomic mass is 16.5. The molecule has 3 aromatic rings. The largest absolute Gasteiger partial charge is 0.493 e. The lowest BCUT2D eigenvalue weighted by molar-refractivity contribution is -0.132. The number of hydrogen-bond acceptors (Lipinski definition) is 3. The number of para-hydroxylation sites is 1. The number of benzene rings is 3. The van der Waals surface area contributed by atoms with Crippen LogP contribution >= 0.6 is 0 Å². The van der Waals surface area contributed by atoms with Gasteiger partial charge in [-0.05, 0) is 36.1 Å². The summed E-state index contributed by atoms with van der Waals surface area (Å²) < 4.78 is 5.65. The van der Waals surface area contributed by atoms with Crippen LogP contribution in [0.25, 0.3) is 0 Å². The molecule has 0 atom stereocenters. The normalized spacial score (nSPS) is 14.2. The molecular formula is C28H30N2O3. The number of hydrogen-bond donors (Lipinski definition) is 1. The maximum absolute atomic E-state index is 13.3. The number of carbonyl (C=O) groups is 2. The standard InChI is InChI=1S/C28H30N2O3/c31-26(18-21-33-25-14-8-3-9-15-25)30-19-16-24(17-20-30)29-28(32)27(22-10-4-1-5-11-22)23-12-6-2-7-13-23/h1-15,24,27H,16-21H2,(H,29,32). The van der Waals surface area contributed by atoms with Crippen LogP contribution in [0.5, 0.6) is 5.75 Å². The molecule has 0 spiro atoms. The van der Waals surface area contributed by atoms with Crippen molar-refractivity contribution in [3.05, 3.63) is 102 Å². The molecule has 1 saturated heterocycles. The fourth-order valence-electron chi connectivity index (χ4n) is 4.27. The van der Waals surface area contributed by atoms with Crippen molar-refractivity contribution in [2.75, 3.05) is 19.7 Å². The molecule has 5 heteroatoms. The quantitative estimate of drug-likeness (QED) is 0.563. The molecule has 0 aliphatic carbocycles. The van der Waals surface area contributed by atoms with Crippen LogP contribution in [0.4, 0.5) is 0 Å². The zero-order valence-corrected chi connectivity index (χ0v) is 18.7. The molecule has 0 unspecified atom stereocenters. The topological polar surface area (TPSA) is 58.6 Å². The summed E-state index contributed by atoms with van der Waals surface area (Å²) in [4.78, 5) is 27.7. The van der Waals surface area contributed by atoms with Gasteiger partial charge in [0.2, 0.25) is 11.8 Å². The van der Waals surface area contributed by atoms with Gasteiger partial charge in [0.05, 0.1) is 18.9 Å². The Hall–Kier alpha value is -3.60. The number of rotatable bonds is 8. The Balaban J connectivity index is 1.28. The van der Waals surface area contributed by atoms with Gasteiger partial charge in [-0.25, -0.2) is 0 Å². The Morgan fingerprint density at radius 1 is 0.818 bits per heavy atom. The van der Waals surface area contributed by atoms with Gasteiger partial charge < -0.3 is 15.0 Å². The van der Waals surface area contributed by atoms with Crippen LogP contribution in [-0.2, 0) is 9.59 Å². The first-order valence-electron chi connectivity index (χ1n) is 11.6. The first kappa shape index (κ1) is 22.6. The summed E-state index contributed by atoms with van der Waals surface area (Å²) in [5.74, 6) is 0.538. The van der Waals surface area contributed by atoms with Crippen molar-refractivity contribution in [1.82, 2.24) is 10.2 Å². The number of nitrogens with zero attached hydrogens (tertiary/aromatic N) is 1. The van der Waals surface area contributed by atoms with Crippen LogP contribution in [0.15, 0.2) is 91.0 Å². The van der Waals surface area contributed by atoms with Crippen LogP contribution in [0.3, 0.4) is 0 Å². The Labute approximate surface area is 195 Å². The zero-order chi connectivity index (χ0) is 22.9. The molecule has 1 aliphatic rings. The maximum Gasteiger partial charge on any atom is 0.232 e. The number of piperidine rings is 1. The maximum atomic E-state index is 13.3. The first-order chi connectivity index (χ1) is 16.2. The fraction of sp³-hybridized carbons (Fsp3) is 0.286. The van der Waals surface area contributed by atoms with Gasteiger partial charge in [0, 0.05) is 19.1 Å². The summed E-state index contributed by atoms with van der Waals surface area (Å²) in [5.41, 5.74) is 1.96. The molecule has 2 amide bonds. The van der Waals surface area contributed by atoms with E-state index in [1.165, 1.54) is 0 Å². The highest BCUT2D eigenvalue weighted by molar-refractivity contribution is 5.87. The predicted molar refractivity (Wildman–Crippen MR) is 129 cm³/mol. The van der Waals surface area contributed by atoms with E-state index in [1.54, 1.807) is 0 Å². The highest BCUT2D eigenvalue weighted by Gasteiger charge is 2.28. The SMILES string of the molecule is O=C(NC1CCN(C(=O)CCOc2ccccc2)CC1)C(c1ccccc1)c1ccccc1. The van der Waals surface area contributed by atoms with Crippen LogP contribution in [0, 0.1) is 0 Å². The van der Waals surface area contributed by atoms with Crippen molar-refractivity contribution >= 4 is 11.8 Å². The van der Waals surface area contributed by atoms with Gasteiger partial charge in [0.1, 0.15) is 5.75 Å². The molecule has 1 N–H and O–H groups in total. The Kier molecular flexibility index (Phi) is 7.75. The average Bonchev–Trinajstić information content (AvgIpc) is 2.86. The third-order valence-electron chi connectivity index (χ3n) is 6.05. The third-order valence-corrected chi connectivity index (χ3v) is 6.05. The highest BCUT2D eigenvalue weighted by Crippen LogP contribution is 2.25. The van der Waals surface area contributed by atoms with Crippen LogP contribution in [0.1, 0.15) is 36.3 Å². The summed E-state index contributed by atoms with van der Waals surface area (Å²) in [6.07, 6.45) is 1.87. The van der Waals surface area contributed by atoms with Gasteiger partial charge in [0.15, 0.2) is 0 Å². The molecule has 3 aromatic carbocycles. The second-order valence-corrected chi connectivity index (χ2v) is 8.33. The summed E-state index contributed by atoms with van der Waals surface area (Å²) >= 11 is 0. The van der Waals surface area contributed by atoms with Crippen molar-refractivity contribution < 1.29 is 14.3 Å². The minimum Gasteiger partial charge on any atom is -0.493 e. The first-order valence-corrected chi connectivity index (χ1v) is 11.6. The van der Waals surface area contributed by atoms with Gasteiger partial charge in [-0.2, -0.15) is 0 Å². The number of likely N-dealkylation sites (tertiary alicyclic amines) is 1. The lowest BCUT2D eigenvalue weighted by Gasteiger charge is -2.33. The van der Waals surface area contributed by atoms with E-state index in [-0.39, 0.29) is 23.8 Å². The number of amides is 2. The molecule has 1 aliphatic heterocycles. The molecule has 5 nitrogen and oxygen atoms in total. The van der Waals surface area contributed by atoms with Gasteiger partial charge >= 0.3 is 0 Å². The van der Waals surface area contributed by atoms with Gasteiger partial charge in [0.25, 0.3) is 0 Å². The van der Waals surface area contributed by atoms with E-state index in [1.807, 2.05) is 95.9 Å². The van der Waals surface area contributed by atoms with E-state index in [0.29, 0.717) is 26.1 Å². The number of nitrogens with one attached hydrogen (secondary N) is 1. The smallest absolute Gasteiger partial charge is 0.232 e. The van der Waals surface area contributed by atoms with Gasteiger partial charge in [-0.1, -0.05) is 78.9 Å². The molecular weight excluding hydrogens is 412 g/mol. The minimum absolute atomic E-state index is 0.00781. The molecule has 0 saturated carbocycles. The Morgan fingerprint density at radius 2 is 1.33 bits per heavy atom. The van der Waals surface area contributed by atoms with E-state index in [9.17, 15) is 9.59 Å². The van der Waals surface area contributed by atoms with E-state index in [0.717, 1.165) is 29.7 Å². The van der Waals surface area contributed by atoms with Crippen molar-refractivity contribution in [3.63, 3.8) is 0 Å². The predicted octanol–water partition coefficient (Wildman–Crippen LogP) is 4.39. The molecule has 170 valence electrons. The Bertz CT molecular complexity index is 977. The van der Waals surface area contributed by atoms with E-state index in [4.69, 9.17) is 4.74 Å². The van der Waals surface area contributed by atoms with Crippen molar-refractivity contribution in [2.45, 2.75) is 31.2 Å². The summed E-state index contributed by atoms with van der Waals surface area (Å²) in [7, 11) is 0.